The van der Waals surface area contributed by atoms with E-state index in [2.05, 4.69) is 10.4 Å². The highest BCUT2D eigenvalue weighted by molar-refractivity contribution is 6.08. The van der Waals surface area contributed by atoms with Gasteiger partial charge in [0.25, 0.3) is 5.91 Å². The van der Waals surface area contributed by atoms with Crippen LogP contribution in [0.15, 0.2) is 12.3 Å². The highest BCUT2D eigenvalue weighted by Crippen LogP contribution is 2.22. The lowest BCUT2D eigenvalue weighted by atomic mass is 9.94. The van der Waals surface area contributed by atoms with Gasteiger partial charge in [0.2, 0.25) is 5.91 Å². The Morgan fingerprint density at radius 1 is 1.53 bits per heavy atom. The Morgan fingerprint density at radius 3 is 2.76 bits per heavy atom. The summed E-state index contributed by atoms with van der Waals surface area (Å²) in [6.07, 6.45) is 2.30. The number of anilines is 1. The van der Waals surface area contributed by atoms with Gasteiger partial charge in [-0.2, -0.15) is 5.10 Å². The summed E-state index contributed by atoms with van der Waals surface area (Å²) in [7, 11) is 1.77. The van der Waals surface area contributed by atoms with Crippen molar-refractivity contribution in [3.8, 4) is 0 Å². The third-order valence-electron chi connectivity index (χ3n) is 3.12. The predicted molar refractivity (Wildman–Crippen MR) is 62.4 cm³/mol. The molecular weight excluding hydrogens is 220 g/mol. The summed E-state index contributed by atoms with van der Waals surface area (Å²) < 4.78 is 1.61. The van der Waals surface area contributed by atoms with Crippen molar-refractivity contribution in [2.24, 2.45) is 7.05 Å². The topological polar surface area (TPSA) is 67.2 Å². The van der Waals surface area contributed by atoms with Crippen molar-refractivity contribution < 1.29 is 9.59 Å². The maximum absolute atomic E-state index is 12.3. The summed E-state index contributed by atoms with van der Waals surface area (Å²) in [5.41, 5.74) is -0.827. The number of nitrogens with zero attached hydrogens (tertiary/aromatic N) is 3. The van der Waals surface area contributed by atoms with Crippen LogP contribution in [0.3, 0.4) is 0 Å². The molecule has 2 amide bonds. The molecule has 1 fully saturated rings. The number of amides is 2. The summed E-state index contributed by atoms with van der Waals surface area (Å²) in [5.74, 6) is 0.255. The van der Waals surface area contributed by atoms with Crippen molar-refractivity contribution in [3.63, 3.8) is 0 Å². The second kappa shape index (κ2) is 3.87. The second-order valence-electron chi connectivity index (χ2n) is 4.47. The standard InChI is InChI=1S/C11H16N4O2/c1-4-11(2)10(17)15(7-9(16)12-11)8-5-6-14(3)13-8/h5-6H,4,7H2,1-3H3,(H,12,16). The van der Waals surface area contributed by atoms with Crippen LogP contribution in [-0.4, -0.2) is 33.7 Å². The van der Waals surface area contributed by atoms with Crippen molar-refractivity contribution in [2.45, 2.75) is 25.8 Å². The van der Waals surface area contributed by atoms with Crippen molar-refractivity contribution >= 4 is 17.6 Å². The van der Waals surface area contributed by atoms with Crippen molar-refractivity contribution in [2.75, 3.05) is 11.4 Å². The van der Waals surface area contributed by atoms with Crippen LogP contribution in [-0.2, 0) is 16.6 Å². The summed E-state index contributed by atoms with van der Waals surface area (Å²) >= 11 is 0. The third-order valence-corrected chi connectivity index (χ3v) is 3.12. The predicted octanol–water partition coefficient (Wildman–Crippen LogP) is 0.0516. The number of carbonyl (C=O) groups excluding carboxylic acids is 2. The van der Waals surface area contributed by atoms with Crippen LogP contribution in [0.1, 0.15) is 20.3 Å². The second-order valence-corrected chi connectivity index (χ2v) is 4.47. The number of aromatic nitrogens is 2. The molecule has 1 aliphatic heterocycles. The molecule has 0 aliphatic carbocycles. The molecule has 0 radical (unpaired) electrons. The minimum absolute atomic E-state index is 0.0332. The van der Waals surface area contributed by atoms with Crippen LogP contribution in [0, 0.1) is 0 Å². The fourth-order valence-corrected chi connectivity index (χ4v) is 1.89. The molecule has 2 heterocycles. The van der Waals surface area contributed by atoms with E-state index in [1.165, 1.54) is 4.90 Å². The van der Waals surface area contributed by atoms with E-state index in [1.807, 2.05) is 6.92 Å². The largest absolute Gasteiger partial charge is 0.340 e. The zero-order chi connectivity index (χ0) is 12.6. The van der Waals surface area contributed by atoms with Crippen LogP contribution in [0.25, 0.3) is 0 Å². The molecular formula is C11H16N4O2. The van der Waals surface area contributed by atoms with Crippen molar-refractivity contribution in [1.82, 2.24) is 15.1 Å². The molecule has 1 aliphatic rings. The van der Waals surface area contributed by atoms with Crippen LogP contribution in [0.2, 0.25) is 0 Å². The summed E-state index contributed by atoms with van der Waals surface area (Å²) in [6.45, 7) is 3.65. The molecule has 1 N–H and O–H groups in total. The molecule has 1 aromatic heterocycles. The van der Waals surface area contributed by atoms with Crippen LogP contribution >= 0.6 is 0 Å². The number of hydrogen-bond acceptors (Lipinski definition) is 3. The summed E-state index contributed by atoms with van der Waals surface area (Å²) in [5, 5.41) is 6.89. The Kier molecular flexibility index (Phi) is 2.65. The van der Waals surface area contributed by atoms with Gasteiger partial charge >= 0.3 is 0 Å². The van der Waals surface area contributed by atoms with Crippen LogP contribution in [0.4, 0.5) is 5.82 Å². The van der Waals surface area contributed by atoms with Gasteiger partial charge in [-0.15, -0.1) is 0 Å². The van der Waals surface area contributed by atoms with Gasteiger partial charge in [-0.1, -0.05) is 6.92 Å². The van der Waals surface area contributed by atoms with Crippen LogP contribution in [0.5, 0.6) is 0 Å². The van der Waals surface area contributed by atoms with Crippen LogP contribution < -0.4 is 10.2 Å². The number of rotatable bonds is 2. The zero-order valence-electron chi connectivity index (χ0n) is 10.2. The first-order chi connectivity index (χ1) is 7.96. The van der Waals surface area contributed by atoms with E-state index in [0.29, 0.717) is 12.2 Å². The number of hydrogen-bond donors (Lipinski definition) is 1. The highest BCUT2D eigenvalue weighted by Gasteiger charge is 2.42. The number of carbonyl (C=O) groups is 2. The quantitative estimate of drug-likeness (QED) is 0.789. The van der Waals surface area contributed by atoms with E-state index in [-0.39, 0.29) is 18.4 Å². The Balaban J connectivity index is 2.34. The average Bonchev–Trinajstić information content (AvgIpc) is 2.70. The minimum atomic E-state index is -0.827. The minimum Gasteiger partial charge on any atom is -0.340 e. The fourth-order valence-electron chi connectivity index (χ4n) is 1.89. The molecule has 6 heteroatoms. The van der Waals surface area contributed by atoms with E-state index in [4.69, 9.17) is 0 Å². The Bertz CT molecular complexity index is 468. The van der Waals surface area contributed by atoms with E-state index in [0.717, 1.165) is 0 Å². The number of nitrogens with one attached hydrogen (secondary N) is 1. The van der Waals surface area contributed by atoms with Gasteiger partial charge in [-0.25, -0.2) is 0 Å². The molecule has 17 heavy (non-hydrogen) atoms. The molecule has 2 rings (SSSR count). The normalized spacial score (nSPS) is 25.0. The molecule has 0 spiro atoms. The smallest absolute Gasteiger partial charge is 0.254 e. The average molecular weight is 236 g/mol. The number of aryl methyl sites for hydroxylation is 1. The third kappa shape index (κ3) is 1.90. The van der Waals surface area contributed by atoms with Gasteiger partial charge in [0.15, 0.2) is 5.82 Å². The first kappa shape index (κ1) is 11.6. The molecule has 0 aromatic carbocycles. The zero-order valence-corrected chi connectivity index (χ0v) is 10.2. The molecule has 1 saturated heterocycles. The van der Waals surface area contributed by atoms with Gasteiger partial charge in [-0.3, -0.25) is 19.2 Å². The lowest BCUT2D eigenvalue weighted by Crippen LogP contribution is -2.65. The monoisotopic (exact) mass is 236 g/mol. The van der Waals surface area contributed by atoms with Gasteiger partial charge in [-0.05, 0) is 13.3 Å². The first-order valence-corrected chi connectivity index (χ1v) is 5.59. The van der Waals surface area contributed by atoms with Gasteiger partial charge < -0.3 is 5.32 Å². The SMILES string of the molecule is CCC1(C)NC(=O)CN(c2ccn(C)n2)C1=O. The molecule has 6 nitrogen and oxygen atoms in total. The molecule has 0 saturated carbocycles. The highest BCUT2D eigenvalue weighted by atomic mass is 16.2. The van der Waals surface area contributed by atoms with Gasteiger partial charge in [0.05, 0.1) is 0 Å². The molecule has 1 unspecified atom stereocenters. The number of piperazine rings is 1. The van der Waals surface area contributed by atoms with E-state index in [1.54, 1.807) is 30.9 Å². The molecule has 0 bridgehead atoms. The van der Waals surface area contributed by atoms with Crippen molar-refractivity contribution in [1.29, 1.82) is 0 Å². The van der Waals surface area contributed by atoms with E-state index in [9.17, 15) is 9.59 Å². The maximum Gasteiger partial charge on any atom is 0.254 e. The molecule has 1 aromatic rings. The first-order valence-electron chi connectivity index (χ1n) is 5.59. The van der Waals surface area contributed by atoms with E-state index < -0.39 is 5.54 Å². The molecule has 1 atom stereocenters. The maximum atomic E-state index is 12.3. The van der Waals surface area contributed by atoms with E-state index >= 15 is 0 Å². The lowest BCUT2D eigenvalue weighted by Gasteiger charge is -2.38. The summed E-state index contributed by atoms with van der Waals surface area (Å²) in [4.78, 5) is 25.4. The molecule has 92 valence electrons. The van der Waals surface area contributed by atoms with Gasteiger partial charge in [0.1, 0.15) is 12.1 Å². The van der Waals surface area contributed by atoms with Crippen molar-refractivity contribution in [3.05, 3.63) is 12.3 Å². The Hall–Kier alpha value is -1.85. The Labute approximate surface area is 99.6 Å². The summed E-state index contributed by atoms with van der Waals surface area (Å²) in [6, 6.07) is 1.73. The van der Waals surface area contributed by atoms with Gasteiger partial charge in [0, 0.05) is 19.3 Å². The fraction of sp³-hybridized carbons (Fsp3) is 0.545. The Morgan fingerprint density at radius 2 is 2.24 bits per heavy atom. The lowest BCUT2D eigenvalue weighted by molar-refractivity contribution is -0.135.